The Hall–Kier alpha value is -2.70. The van der Waals surface area contributed by atoms with Gasteiger partial charge in [-0.05, 0) is 74.1 Å². The number of imide groups is 1. The second-order valence-corrected chi connectivity index (χ2v) is 9.52. The van der Waals surface area contributed by atoms with Crippen molar-refractivity contribution < 1.29 is 24.5 Å². The molecule has 6 nitrogen and oxygen atoms in total. The number of phenolic OH excluding ortho intramolecular Hbond substituents is 1. The summed E-state index contributed by atoms with van der Waals surface area (Å²) >= 11 is 0. The molecule has 6 heteroatoms. The molecule has 6 atom stereocenters. The van der Waals surface area contributed by atoms with Gasteiger partial charge in [-0.25, -0.2) is 0 Å². The molecule has 5 rings (SSSR count). The Morgan fingerprint density at radius 3 is 2.34 bits per heavy atom. The van der Waals surface area contributed by atoms with E-state index in [1.54, 1.807) is 12.1 Å². The Kier molecular flexibility index (Phi) is 4.91. The minimum absolute atomic E-state index is 0.175. The number of fused-ring (bicyclic) bond motifs is 3. The number of nitrogens with zero attached hydrogens (tertiary/aromatic N) is 1. The molecule has 2 heterocycles. The van der Waals surface area contributed by atoms with Crippen LogP contribution in [0.25, 0.3) is 0 Å². The maximum absolute atomic E-state index is 13.5. The highest BCUT2D eigenvalue weighted by Gasteiger charge is 2.66. The molecule has 2 amide bonds. The van der Waals surface area contributed by atoms with E-state index in [2.05, 4.69) is 0 Å². The molecule has 3 aliphatic rings. The molecule has 168 valence electrons. The van der Waals surface area contributed by atoms with E-state index >= 15 is 0 Å². The van der Waals surface area contributed by atoms with Crippen molar-refractivity contribution in [3.05, 3.63) is 59.2 Å². The predicted molar refractivity (Wildman–Crippen MR) is 119 cm³/mol. The molecular formula is C26H29NO5. The van der Waals surface area contributed by atoms with Crippen LogP contribution >= 0.6 is 0 Å². The Labute approximate surface area is 187 Å². The van der Waals surface area contributed by atoms with E-state index in [9.17, 15) is 19.8 Å². The molecule has 2 aromatic rings. The zero-order chi connectivity index (χ0) is 22.8. The summed E-state index contributed by atoms with van der Waals surface area (Å²) in [6.45, 7) is 5.66. The van der Waals surface area contributed by atoms with Crippen LogP contribution in [0, 0.1) is 37.5 Å². The number of amides is 2. The number of aromatic hydroxyl groups is 1. The van der Waals surface area contributed by atoms with E-state index in [-0.39, 0.29) is 23.5 Å². The van der Waals surface area contributed by atoms with Crippen LogP contribution in [-0.2, 0) is 14.3 Å². The van der Waals surface area contributed by atoms with Crippen molar-refractivity contribution in [1.29, 1.82) is 0 Å². The molecule has 1 saturated carbocycles. The number of rotatable bonds is 3. The van der Waals surface area contributed by atoms with E-state index in [4.69, 9.17) is 4.74 Å². The molecule has 2 aromatic carbocycles. The van der Waals surface area contributed by atoms with Gasteiger partial charge < -0.3 is 14.9 Å². The minimum atomic E-state index is -1.46. The summed E-state index contributed by atoms with van der Waals surface area (Å²) in [4.78, 5) is 28.2. The molecular weight excluding hydrogens is 406 g/mol. The Morgan fingerprint density at radius 1 is 1.06 bits per heavy atom. The van der Waals surface area contributed by atoms with Crippen LogP contribution in [0.1, 0.15) is 49.0 Å². The molecule has 0 unspecified atom stereocenters. The standard InChI is InChI=1S/C26H29NO5/c1-4-17-12-19-22(25(30)27(24(19)29)18-8-6-5-7-9-18)20-13-21(32-26(17,20)31)16-10-14(2)23(28)15(3)11-16/h5-11,17,19-22,28,31H,4,12-13H2,1-3H3/t17-,19-,20-,21-,22-,26+/m0/s1. The number of anilines is 1. The number of ether oxygens (including phenoxy) is 1. The smallest absolute Gasteiger partial charge is 0.238 e. The fourth-order valence-electron chi connectivity index (χ4n) is 6.16. The lowest BCUT2D eigenvalue weighted by molar-refractivity contribution is -0.269. The van der Waals surface area contributed by atoms with Gasteiger partial charge in [0.15, 0.2) is 5.79 Å². The third-order valence-corrected chi connectivity index (χ3v) is 7.76. The van der Waals surface area contributed by atoms with Crippen LogP contribution in [-0.4, -0.2) is 27.8 Å². The molecule has 1 aliphatic carbocycles. The first-order valence-electron chi connectivity index (χ1n) is 11.4. The number of hydrogen-bond donors (Lipinski definition) is 2. The first kappa shape index (κ1) is 21.2. The maximum atomic E-state index is 13.5. The minimum Gasteiger partial charge on any atom is -0.507 e. The van der Waals surface area contributed by atoms with Gasteiger partial charge in [-0.3, -0.25) is 14.5 Å². The topological polar surface area (TPSA) is 87.1 Å². The number of aryl methyl sites for hydroxylation is 2. The zero-order valence-corrected chi connectivity index (χ0v) is 18.6. The highest BCUT2D eigenvalue weighted by atomic mass is 16.6. The number of aliphatic hydroxyl groups is 1. The summed E-state index contributed by atoms with van der Waals surface area (Å²) in [6.07, 6.45) is 1.15. The summed E-state index contributed by atoms with van der Waals surface area (Å²) in [5.41, 5.74) is 2.95. The molecule has 2 N–H and O–H groups in total. The molecule has 2 saturated heterocycles. The monoisotopic (exact) mass is 435 g/mol. The van der Waals surface area contributed by atoms with Crippen LogP contribution < -0.4 is 4.90 Å². The largest absolute Gasteiger partial charge is 0.507 e. The van der Waals surface area contributed by atoms with Gasteiger partial charge in [0.25, 0.3) is 0 Å². The molecule has 0 bridgehead atoms. The average molecular weight is 436 g/mol. The van der Waals surface area contributed by atoms with Crippen LogP contribution in [0.15, 0.2) is 42.5 Å². The van der Waals surface area contributed by atoms with Gasteiger partial charge in [-0.15, -0.1) is 0 Å². The summed E-state index contributed by atoms with van der Waals surface area (Å²) in [5, 5.41) is 21.9. The van der Waals surface area contributed by atoms with Crippen molar-refractivity contribution in [3.8, 4) is 5.75 Å². The first-order chi connectivity index (χ1) is 15.3. The lowest BCUT2D eigenvalue weighted by atomic mass is 9.64. The number of phenols is 1. The third kappa shape index (κ3) is 2.93. The molecule has 2 aliphatic heterocycles. The van der Waals surface area contributed by atoms with E-state index in [0.717, 1.165) is 16.7 Å². The van der Waals surface area contributed by atoms with E-state index in [0.29, 0.717) is 24.9 Å². The van der Waals surface area contributed by atoms with Crippen molar-refractivity contribution in [2.45, 2.75) is 51.9 Å². The molecule has 0 radical (unpaired) electrons. The van der Waals surface area contributed by atoms with E-state index in [1.165, 1.54) is 4.90 Å². The van der Waals surface area contributed by atoms with Crippen molar-refractivity contribution in [2.24, 2.45) is 23.7 Å². The van der Waals surface area contributed by atoms with Crippen LogP contribution in [0.3, 0.4) is 0 Å². The van der Waals surface area contributed by atoms with Crippen LogP contribution in [0.4, 0.5) is 5.69 Å². The zero-order valence-electron chi connectivity index (χ0n) is 18.6. The maximum Gasteiger partial charge on any atom is 0.238 e. The van der Waals surface area contributed by atoms with Gasteiger partial charge in [0.05, 0.1) is 23.6 Å². The highest BCUT2D eigenvalue weighted by molar-refractivity contribution is 6.22. The lowest BCUT2D eigenvalue weighted by Gasteiger charge is -2.44. The number of para-hydroxylation sites is 1. The van der Waals surface area contributed by atoms with Crippen LogP contribution in [0.5, 0.6) is 5.75 Å². The summed E-state index contributed by atoms with van der Waals surface area (Å²) in [7, 11) is 0. The van der Waals surface area contributed by atoms with E-state index < -0.39 is 29.6 Å². The Balaban J connectivity index is 1.53. The fourth-order valence-corrected chi connectivity index (χ4v) is 6.16. The quantitative estimate of drug-likeness (QED) is 0.712. The Morgan fingerprint density at radius 2 is 1.72 bits per heavy atom. The first-order valence-corrected chi connectivity index (χ1v) is 11.4. The predicted octanol–water partition coefficient (Wildman–Crippen LogP) is 4.01. The van der Waals surface area contributed by atoms with Crippen molar-refractivity contribution in [1.82, 2.24) is 0 Å². The summed E-state index contributed by atoms with van der Waals surface area (Å²) in [6, 6.07) is 12.8. The fraction of sp³-hybridized carbons (Fsp3) is 0.462. The van der Waals surface area contributed by atoms with Crippen molar-refractivity contribution in [3.63, 3.8) is 0 Å². The average Bonchev–Trinajstić information content (AvgIpc) is 3.25. The number of carbonyl (C=O) groups excluding carboxylic acids is 2. The normalized spacial score (nSPS) is 34.0. The van der Waals surface area contributed by atoms with Crippen molar-refractivity contribution >= 4 is 17.5 Å². The van der Waals surface area contributed by atoms with Gasteiger partial charge in [0.1, 0.15) is 5.75 Å². The number of carbonyl (C=O) groups is 2. The SMILES string of the molecule is CC[C@H]1C[C@@H]2C(=O)N(c3ccccc3)C(=O)[C@@H]2[C@@H]2C[C@@H](c3cc(C)c(O)c(C)c3)O[C@]12O. The lowest BCUT2D eigenvalue weighted by Crippen LogP contribution is -2.53. The highest BCUT2D eigenvalue weighted by Crippen LogP contribution is 2.59. The number of benzene rings is 2. The van der Waals surface area contributed by atoms with Gasteiger partial charge >= 0.3 is 0 Å². The third-order valence-electron chi connectivity index (χ3n) is 7.76. The van der Waals surface area contributed by atoms with Gasteiger partial charge in [0, 0.05) is 11.8 Å². The molecule has 3 fully saturated rings. The van der Waals surface area contributed by atoms with Gasteiger partial charge in [-0.1, -0.05) is 25.1 Å². The molecule has 0 aromatic heterocycles. The summed E-state index contributed by atoms with van der Waals surface area (Å²) < 4.78 is 6.32. The van der Waals surface area contributed by atoms with Crippen molar-refractivity contribution in [2.75, 3.05) is 4.90 Å². The van der Waals surface area contributed by atoms with E-state index in [1.807, 2.05) is 51.1 Å². The Bertz CT molecular complexity index is 1060. The summed E-state index contributed by atoms with van der Waals surface area (Å²) in [5.74, 6) is -3.35. The molecule has 0 spiro atoms. The molecule has 32 heavy (non-hydrogen) atoms. The van der Waals surface area contributed by atoms with Gasteiger partial charge in [0.2, 0.25) is 11.8 Å². The second kappa shape index (κ2) is 7.42. The van der Waals surface area contributed by atoms with Crippen LogP contribution in [0.2, 0.25) is 0 Å². The van der Waals surface area contributed by atoms with Gasteiger partial charge in [-0.2, -0.15) is 0 Å². The second-order valence-electron chi connectivity index (χ2n) is 9.52. The number of hydrogen-bond acceptors (Lipinski definition) is 5.